The van der Waals surface area contributed by atoms with Crippen LogP contribution in [0.3, 0.4) is 0 Å². The number of amides is 1. The van der Waals surface area contributed by atoms with Gasteiger partial charge in [0, 0.05) is 36.4 Å². The number of hydrogen-bond acceptors (Lipinski definition) is 4. The Labute approximate surface area is 240 Å². The molecule has 0 spiro atoms. The number of carbonyl (C=O) groups is 1. The number of halogens is 10. The van der Waals surface area contributed by atoms with Crippen LogP contribution in [0.4, 0.5) is 50.0 Å². The smallest absolute Gasteiger partial charge is 0.416 e. The Hall–Kier alpha value is -2.87. The SMILES string of the molecule is CC(C)(C)OC(=O)NCc1ccc(N2CCC(c3cc(C(F)(F)F)cc(C(F)(F)F)c3)(C(F)(F)F)C2CCO)cc1Cl. The van der Waals surface area contributed by atoms with Crippen LogP contribution in [0.25, 0.3) is 0 Å². The summed E-state index contributed by atoms with van der Waals surface area (Å²) in [5.74, 6) is 0. The van der Waals surface area contributed by atoms with Crippen molar-refractivity contribution in [2.24, 2.45) is 0 Å². The summed E-state index contributed by atoms with van der Waals surface area (Å²) >= 11 is 6.33. The van der Waals surface area contributed by atoms with Gasteiger partial charge in [-0.05, 0) is 75.1 Å². The summed E-state index contributed by atoms with van der Waals surface area (Å²) in [5, 5.41) is 12.2. The van der Waals surface area contributed by atoms with Gasteiger partial charge in [0.1, 0.15) is 11.0 Å². The van der Waals surface area contributed by atoms with Gasteiger partial charge in [0.05, 0.1) is 11.1 Å². The van der Waals surface area contributed by atoms with Crippen LogP contribution < -0.4 is 10.2 Å². The van der Waals surface area contributed by atoms with Gasteiger partial charge in [-0.15, -0.1) is 0 Å². The number of benzene rings is 2. The van der Waals surface area contributed by atoms with Gasteiger partial charge in [-0.3, -0.25) is 0 Å². The summed E-state index contributed by atoms with van der Waals surface area (Å²) in [7, 11) is 0. The fourth-order valence-electron chi connectivity index (χ4n) is 5.10. The second kappa shape index (κ2) is 11.7. The molecule has 1 fully saturated rings. The lowest BCUT2D eigenvalue weighted by Gasteiger charge is -2.41. The second-order valence-corrected chi connectivity index (χ2v) is 11.3. The van der Waals surface area contributed by atoms with E-state index in [1.54, 1.807) is 20.8 Å². The minimum atomic E-state index is -5.36. The zero-order chi connectivity index (χ0) is 31.9. The third-order valence-corrected chi connectivity index (χ3v) is 7.25. The Morgan fingerprint density at radius 1 is 1.00 bits per heavy atom. The maximum atomic E-state index is 14.9. The highest BCUT2D eigenvalue weighted by Crippen LogP contribution is 2.55. The first kappa shape index (κ1) is 33.6. The Kier molecular flexibility index (Phi) is 9.34. The molecule has 1 amide bonds. The van der Waals surface area contributed by atoms with Crippen LogP contribution in [0, 0.1) is 0 Å². The number of nitrogens with zero attached hydrogens (tertiary/aromatic N) is 1. The van der Waals surface area contributed by atoms with Crippen LogP contribution in [0.5, 0.6) is 0 Å². The molecule has 2 aromatic carbocycles. The van der Waals surface area contributed by atoms with Crippen molar-refractivity contribution < 1.29 is 54.2 Å². The van der Waals surface area contributed by atoms with Gasteiger partial charge < -0.3 is 20.1 Å². The third kappa shape index (κ3) is 7.19. The van der Waals surface area contributed by atoms with E-state index >= 15 is 0 Å². The Balaban J connectivity index is 2.07. The van der Waals surface area contributed by atoms with Gasteiger partial charge in [-0.25, -0.2) is 4.79 Å². The number of aliphatic hydroxyl groups excluding tert-OH is 1. The Morgan fingerprint density at radius 2 is 1.57 bits per heavy atom. The van der Waals surface area contributed by atoms with E-state index < -0.39 is 84.4 Å². The number of carbonyl (C=O) groups excluding carboxylic acids is 1. The lowest BCUT2D eigenvalue weighted by Crippen LogP contribution is -2.53. The first-order chi connectivity index (χ1) is 19.1. The summed E-state index contributed by atoms with van der Waals surface area (Å²) in [5.41, 5.74) is -8.47. The van der Waals surface area contributed by atoms with Crippen LogP contribution in [0.2, 0.25) is 5.02 Å². The van der Waals surface area contributed by atoms with E-state index in [1.807, 2.05) is 0 Å². The first-order valence-corrected chi connectivity index (χ1v) is 13.0. The summed E-state index contributed by atoms with van der Waals surface area (Å²) in [6.45, 7) is 3.58. The maximum Gasteiger partial charge on any atom is 0.416 e. The molecule has 1 aliphatic rings. The normalized spacial score (nSPS) is 20.1. The van der Waals surface area contributed by atoms with Gasteiger partial charge in [-0.1, -0.05) is 17.7 Å². The number of ether oxygens (including phenoxy) is 1. The van der Waals surface area contributed by atoms with Crippen molar-refractivity contribution in [3.05, 3.63) is 63.7 Å². The molecule has 2 aromatic rings. The number of nitrogens with one attached hydrogen (secondary N) is 1. The average molecular weight is 635 g/mol. The zero-order valence-electron chi connectivity index (χ0n) is 22.6. The van der Waals surface area contributed by atoms with E-state index in [1.165, 1.54) is 18.2 Å². The monoisotopic (exact) mass is 634 g/mol. The molecule has 2 N–H and O–H groups in total. The van der Waals surface area contributed by atoms with Gasteiger partial charge in [-0.2, -0.15) is 39.5 Å². The number of anilines is 1. The van der Waals surface area contributed by atoms with Gasteiger partial charge in [0.2, 0.25) is 0 Å². The van der Waals surface area contributed by atoms with E-state index in [4.69, 9.17) is 16.3 Å². The second-order valence-electron chi connectivity index (χ2n) is 10.9. The standard InChI is InChI=1S/C27H28ClF9N2O3/c1-23(2,3)42-22(41)38-14-15-4-5-19(13-20(15)28)39-8-7-24(27(35,36)37,21(39)6-9-40)16-10-17(25(29,30)31)12-18(11-16)26(32,33)34/h4-5,10-13,21,40H,6-9,14H2,1-3H3,(H,38,41). The van der Waals surface area contributed by atoms with Crippen molar-refractivity contribution in [2.45, 2.75) is 75.7 Å². The molecule has 42 heavy (non-hydrogen) atoms. The predicted octanol–water partition coefficient (Wildman–Crippen LogP) is 7.86. The number of aliphatic hydroxyl groups is 1. The molecule has 0 bridgehead atoms. The van der Waals surface area contributed by atoms with Crippen molar-refractivity contribution in [2.75, 3.05) is 18.1 Å². The molecule has 0 saturated carbocycles. The molecule has 1 heterocycles. The number of alkyl halides is 9. The van der Waals surface area contributed by atoms with Crippen molar-refractivity contribution in [3.63, 3.8) is 0 Å². The molecule has 234 valence electrons. The average Bonchev–Trinajstić information content (AvgIpc) is 3.21. The van der Waals surface area contributed by atoms with E-state index in [-0.39, 0.29) is 35.5 Å². The van der Waals surface area contributed by atoms with E-state index in [0.29, 0.717) is 5.56 Å². The van der Waals surface area contributed by atoms with Crippen LogP contribution in [-0.2, 0) is 29.0 Å². The number of rotatable bonds is 6. The molecular weight excluding hydrogens is 607 g/mol. The highest BCUT2D eigenvalue weighted by Gasteiger charge is 2.65. The summed E-state index contributed by atoms with van der Waals surface area (Å²) < 4.78 is 131. The van der Waals surface area contributed by atoms with Gasteiger partial charge in [0.25, 0.3) is 0 Å². The fraction of sp³-hybridized carbons (Fsp3) is 0.519. The molecule has 0 aromatic heterocycles. The predicted molar refractivity (Wildman–Crippen MR) is 136 cm³/mol. The quantitative estimate of drug-likeness (QED) is 0.318. The third-order valence-electron chi connectivity index (χ3n) is 6.89. The number of hydrogen-bond donors (Lipinski definition) is 2. The topological polar surface area (TPSA) is 61.8 Å². The minimum absolute atomic E-state index is 0.0224. The molecule has 2 atom stereocenters. The van der Waals surface area contributed by atoms with Crippen LogP contribution >= 0.6 is 11.6 Å². The fourth-order valence-corrected chi connectivity index (χ4v) is 5.34. The van der Waals surface area contributed by atoms with Crippen LogP contribution in [0.1, 0.15) is 55.9 Å². The molecule has 3 rings (SSSR count). The van der Waals surface area contributed by atoms with Crippen molar-refractivity contribution in [1.29, 1.82) is 0 Å². The molecule has 1 aliphatic heterocycles. The lowest BCUT2D eigenvalue weighted by atomic mass is 9.71. The molecule has 1 saturated heterocycles. The van der Waals surface area contributed by atoms with Crippen LogP contribution in [0.15, 0.2) is 36.4 Å². The molecule has 15 heteroatoms. The minimum Gasteiger partial charge on any atom is -0.444 e. The van der Waals surface area contributed by atoms with Crippen molar-refractivity contribution in [3.8, 4) is 0 Å². The van der Waals surface area contributed by atoms with E-state index in [2.05, 4.69) is 5.32 Å². The maximum absolute atomic E-state index is 14.9. The molecule has 5 nitrogen and oxygen atoms in total. The Morgan fingerprint density at radius 3 is 2.02 bits per heavy atom. The number of alkyl carbamates (subject to hydrolysis) is 1. The molecule has 0 aliphatic carbocycles. The highest BCUT2D eigenvalue weighted by molar-refractivity contribution is 6.31. The summed E-state index contributed by atoms with van der Waals surface area (Å²) in [4.78, 5) is 13.1. The zero-order valence-corrected chi connectivity index (χ0v) is 23.3. The molecular formula is C27H28ClF9N2O3. The first-order valence-electron chi connectivity index (χ1n) is 12.6. The van der Waals surface area contributed by atoms with Gasteiger partial charge in [0.15, 0.2) is 0 Å². The van der Waals surface area contributed by atoms with E-state index in [9.17, 15) is 49.4 Å². The lowest BCUT2D eigenvalue weighted by molar-refractivity contribution is -0.194. The van der Waals surface area contributed by atoms with Gasteiger partial charge >= 0.3 is 24.6 Å². The van der Waals surface area contributed by atoms with Crippen LogP contribution in [-0.4, -0.2) is 42.2 Å². The molecule has 0 radical (unpaired) electrons. The van der Waals surface area contributed by atoms with E-state index in [0.717, 1.165) is 4.90 Å². The Bertz CT molecular complexity index is 1260. The summed E-state index contributed by atoms with van der Waals surface area (Å²) in [6.07, 6.45) is -18.3. The van der Waals surface area contributed by atoms with Crippen molar-refractivity contribution >= 4 is 23.4 Å². The highest BCUT2D eigenvalue weighted by atomic mass is 35.5. The largest absolute Gasteiger partial charge is 0.444 e. The molecule has 2 unspecified atom stereocenters. The summed E-state index contributed by atoms with van der Waals surface area (Å²) in [6, 6.07) is 2.22. The van der Waals surface area contributed by atoms with Crippen molar-refractivity contribution in [1.82, 2.24) is 5.32 Å².